The van der Waals surface area contributed by atoms with Crippen molar-refractivity contribution in [1.29, 1.82) is 0 Å². The molecule has 26 heavy (non-hydrogen) atoms. The van der Waals surface area contributed by atoms with Crippen molar-refractivity contribution < 1.29 is 13.2 Å². The van der Waals surface area contributed by atoms with Gasteiger partial charge in [0.1, 0.15) is 10.7 Å². The number of rotatable bonds is 5. The molecule has 2 heterocycles. The molecule has 1 amide bonds. The Morgan fingerprint density at radius 3 is 2.65 bits per heavy atom. The van der Waals surface area contributed by atoms with Gasteiger partial charge in [0.05, 0.1) is 4.90 Å². The molecular weight excluding hydrogens is 376 g/mol. The number of piperidine rings is 1. The number of carbonyl (C=O) groups is 1. The molecule has 0 bridgehead atoms. The third kappa shape index (κ3) is 4.49. The lowest BCUT2D eigenvalue weighted by Crippen LogP contribution is -2.45. The number of nitrogen functional groups attached to an aromatic ring is 1. The van der Waals surface area contributed by atoms with Crippen LogP contribution in [0.3, 0.4) is 0 Å². The van der Waals surface area contributed by atoms with E-state index >= 15 is 0 Å². The summed E-state index contributed by atoms with van der Waals surface area (Å²) in [6.45, 7) is 1.71. The van der Waals surface area contributed by atoms with Crippen LogP contribution in [0.15, 0.2) is 29.2 Å². The quantitative estimate of drug-likeness (QED) is 0.496. The van der Waals surface area contributed by atoms with Crippen LogP contribution < -0.4 is 26.8 Å². The average molecular weight is 396 g/mol. The first kappa shape index (κ1) is 18.6. The lowest BCUT2D eigenvalue weighted by Gasteiger charge is -2.23. The van der Waals surface area contributed by atoms with E-state index in [1.807, 2.05) is 0 Å². The number of nitrogens with two attached hydrogens (primary N) is 2. The number of nitrogens with zero attached hydrogens (tertiary/aromatic N) is 1. The Morgan fingerprint density at radius 2 is 2.04 bits per heavy atom. The number of carbonyl (C=O) groups excluding carboxylic acids is 1. The number of thiazole rings is 1. The van der Waals surface area contributed by atoms with Gasteiger partial charge in [-0.2, -0.15) is 0 Å². The first-order chi connectivity index (χ1) is 12.3. The minimum absolute atomic E-state index is 0.0165. The van der Waals surface area contributed by atoms with E-state index in [-0.39, 0.29) is 22.7 Å². The number of primary sulfonamides is 1. The first-order valence-electron chi connectivity index (χ1n) is 8.01. The highest BCUT2D eigenvalue weighted by Gasteiger charge is 2.21. The minimum Gasteiger partial charge on any atom is -0.382 e. The third-order valence-electron chi connectivity index (χ3n) is 3.93. The maximum Gasteiger partial charge on any atom is 0.265 e. The molecule has 1 saturated heterocycles. The molecule has 7 N–H and O–H groups in total. The number of hydrogen-bond acceptors (Lipinski definition) is 8. The smallest absolute Gasteiger partial charge is 0.265 e. The molecule has 140 valence electrons. The molecule has 1 aliphatic rings. The fourth-order valence-corrected chi connectivity index (χ4v) is 3.95. The van der Waals surface area contributed by atoms with Crippen LogP contribution in [0.4, 0.5) is 16.6 Å². The van der Waals surface area contributed by atoms with Gasteiger partial charge in [-0.3, -0.25) is 4.79 Å². The highest BCUT2D eigenvalue weighted by atomic mass is 32.2. The van der Waals surface area contributed by atoms with Gasteiger partial charge in [0.25, 0.3) is 5.91 Å². The first-order valence-corrected chi connectivity index (χ1v) is 10.4. The SMILES string of the molecule is Nc1nc(Nc2ccc(S(N)(=O)=O)cc2)sc1C(=O)N[C@H]1CCCNC1. The van der Waals surface area contributed by atoms with Crippen molar-refractivity contribution in [2.45, 2.75) is 23.8 Å². The van der Waals surface area contributed by atoms with Crippen molar-refractivity contribution in [1.82, 2.24) is 15.6 Å². The van der Waals surface area contributed by atoms with E-state index in [9.17, 15) is 13.2 Å². The van der Waals surface area contributed by atoms with Crippen LogP contribution in [-0.2, 0) is 10.0 Å². The van der Waals surface area contributed by atoms with Gasteiger partial charge in [0.2, 0.25) is 10.0 Å². The molecule has 2 aromatic rings. The molecule has 3 rings (SSSR count). The third-order valence-corrected chi connectivity index (χ3v) is 5.84. The van der Waals surface area contributed by atoms with E-state index in [2.05, 4.69) is 20.9 Å². The monoisotopic (exact) mass is 396 g/mol. The van der Waals surface area contributed by atoms with Crippen LogP contribution in [0.1, 0.15) is 22.5 Å². The molecule has 0 saturated carbocycles. The van der Waals surface area contributed by atoms with Gasteiger partial charge in [-0.15, -0.1) is 0 Å². The summed E-state index contributed by atoms with van der Waals surface area (Å²) in [5.74, 6) is -0.0914. The molecule has 0 aliphatic carbocycles. The molecule has 0 radical (unpaired) electrons. The number of benzene rings is 1. The van der Waals surface area contributed by atoms with Crippen molar-refractivity contribution in [2.24, 2.45) is 5.14 Å². The van der Waals surface area contributed by atoms with Crippen molar-refractivity contribution in [2.75, 3.05) is 24.1 Å². The second-order valence-corrected chi connectivity index (χ2v) is 8.51. The standard InChI is InChI=1S/C15H20N6O3S2/c16-13-12(14(22)19-10-2-1-7-18-8-10)25-15(21-13)20-9-3-5-11(6-4-9)26(17,23)24/h3-6,10,18H,1-2,7-8,16H2,(H,19,22)(H,20,21)(H2,17,23,24)/t10-/m0/s1. The van der Waals surface area contributed by atoms with E-state index in [0.717, 1.165) is 37.3 Å². The summed E-state index contributed by atoms with van der Waals surface area (Å²) >= 11 is 1.14. The van der Waals surface area contributed by atoms with Gasteiger partial charge in [0, 0.05) is 18.3 Å². The highest BCUT2D eigenvalue weighted by molar-refractivity contribution is 7.89. The van der Waals surface area contributed by atoms with Crippen LogP contribution in [0.5, 0.6) is 0 Å². The van der Waals surface area contributed by atoms with Crippen LogP contribution >= 0.6 is 11.3 Å². The summed E-state index contributed by atoms with van der Waals surface area (Å²) in [6.07, 6.45) is 1.95. The highest BCUT2D eigenvalue weighted by Crippen LogP contribution is 2.28. The summed E-state index contributed by atoms with van der Waals surface area (Å²) in [6, 6.07) is 5.98. The Hall–Kier alpha value is -2.21. The van der Waals surface area contributed by atoms with E-state index in [0.29, 0.717) is 15.7 Å². The molecule has 1 aromatic carbocycles. The Morgan fingerprint density at radius 1 is 1.31 bits per heavy atom. The fourth-order valence-electron chi connectivity index (χ4n) is 2.63. The summed E-state index contributed by atoms with van der Waals surface area (Å²) in [4.78, 5) is 16.9. The molecule has 1 atom stereocenters. The summed E-state index contributed by atoms with van der Waals surface area (Å²) in [7, 11) is -3.74. The van der Waals surface area contributed by atoms with Gasteiger partial charge < -0.3 is 21.7 Å². The van der Waals surface area contributed by atoms with Crippen molar-refractivity contribution in [3.63, 3.8) is 0 Å². The van der Waals surface area contributed by atoms with Gasteiger partial charge >= 0.3 is 0 Å². The zero-order valence-corrected chi connectivity index (χ0v) is 15.5. The maximum absolute atomic E-state index is 12.4. The number of nitrogens with one attached hydrogen (secondary N) is 3. The van der Waals surface area contributed by atoms with Gasteiger partial charge in [-0.05, 0) is 43.7 Å². The van der Waals surface area contributed by atoms with Crippen molar-refractivity contribution in [3.05, 3.63) is 29.1 Å². The largest absolute Gasteiger partial charge is 0.382 e. The van der Waals surface area contributed by atoms with Gasteiger partial charge in [0.15, 0.2) is 5.13 Å². The minimum atomic E-state index is -3.74. The van der Waals surface area contributed by atoms with E-state index in [1.165, 1.54) is 12.1 Å². The molecule has 0 unspecified atom stereocenters. The number of aromatic nitrogens is 1. The second-order valence-electron chi connectivity index (χ2n) is 5.94. The average Bonchev–Trinajstić information content (AvgIpc) is 2.96. The Kier molecular flexibility index (Phi) is 5.41. The molecule has 11 heteroatoms. The molecular formula is C15H20N6O3S2. The Bertz CT molecular complexity index is 889. The van der Waals surface area contributed by atoms with E-state index in [1.54, 1.807) is 12.1 Å². The fraction of sp³-hybridized carbons (Fsp3) is 0.333. The molecule has 9 nitrogen and oxygen atoms in total. The lowest BCUT2D eigenvalue weighted by molar-refractivity contribution is 0.0935. The van der Waals surface area contributed by atoms with Crippen LogP contribution in [0, 0.1) is 0 Å². The molecule has 1 fully saturated rings. The maximum atomic E-state index is 12.4. The molecule has 1 aromatic heterocycles. The number of amides is 1. The normalized spacial score (nSPS) is 17.7. The summed E-state index contributed by atoms with van der Waals surface area (Å²) in [5, 5.41) is 14.7. The van der Waals surface area contributed by atoms with Gasteiger partial charge in [-0.25, -0.2) is 18.5 Å². The summed E-state index contributed by atoms with van der Waals surface area (Å²) < 4.78 is 22.5. The number of sulfonamides is 1. The zero-order chi connectivity index (χ0) is 18.7. The Labute approximate surface area is 155 Å². The second kappa shape index (κ2) is 7.58. The van der Waals surface area contributed by atoms with Crippen LogP contribution in [-0.4, -0.2) is 38.4 Å². The van der Waals surface area contributed by atoms with Gasteiger partial charge in [-0.1, -0.05) is 11.3 Å². The topological polar surface area (TPSA) is 152 Å². The van der Waals surface area contributed by atoms with E-state index < -0.39 is 10.0 Å². The molecule has 1 aliphatic heterocycles. The predicted molar refractivity (Wildman–Crippen MR) is 101 cm³/mol. The van der Waals surface area contributed by atoms with Crippen molar-refractivity contribution >= 4 is 43.9 Å². The predicted octanol–water partition coefficient (Wildman–Crippen LogP) is 0.598. The Balaban J connectivity index is 1.68. The zero-order valence-electron chi connectivity index (χ0n) is 13.9. The lowest BCUT2D eigenvalue weighted by atomic mass is 10.1. The summed E-state index contributed by atoms with van der Waals surface area (Å²) in [5.41, 5.74) is 6.48. The molecule has 0 spiro atoms. The van der Waals surface area contributed by atoms with Crippen LogP contribution in [0.25, 0.3) is 0 Å². The van der Waals surface area contributed by atoms with Crippen molar-refractivity contribution in [3.8, 4) is 0 Å². The number of anilines is 3. The van der Waals surface area contributed by atoms with E-state index in [4.69, 9.17) is 10.9 Å². The van der Waals surface area contributed by atoms with Crippen LogP contribution in [0.2, 0.25) is 0 Å². The number of hydrogen-bond donors (Lipinski definition) is 5.